The molecule has 0 aromatic carbocycles. The van der Waals surface area contributed by atoms with Crippen molar-refractivity contribution in [2.45, 2.75) is 47.2 Å². The van der Waals surface area contributed by atoms with Gasteiger partial charge in [0.05, 0.1) is 0 Å². The Balaban J connectivity index is -0.000000215. The summed E-state index contributed by atoms with van der Waals surface area (Å²) in [6, 6.07) is 0. The van der Waals surface area contributed by atoms with Gasteiger partial charge in [0.2, 0.25) is 0 Å². The molecule has 0 aliphatic heterocycles. The molecule has 2 aliphatic carbocycles. The molecule has 1 unspecified atom stereocenters. The van der Waals surface area contributed by atoms with Gasteiger partial charge in [-0.15, -0.1) is 13.3 Å². The van der Waals surface area contributed by atoms with E-state index in [1.165, 1.54) is 16.7 Å². The largest absolute Gasteiger partial charge is 1.00 e. The van der Waals surface area contributed by atoms with Crippen molar-refractivity contribution >= 4 is 5.43 Å². The quantitative estimate of drug-likeness (QED) is 0.351. The third-order valence-electron chi connectivity index (χ3n) is 2.20. The Morgan fingerprint density at radius 2 is 1.70 bits per heavy atom. The summed E-state index contributed by atoms with van der Waals surface area (Å²) in [5.41, 5.74) is 4.27. The minimum atomic E-state index is 0. The van der Waals surface area contributed by atoms with Crippen LogP contribution in [0.3, 0.4) is 0 Å². The Bertz CT molecular complexity index is 403. The van der Waals surface area contributed by atoms with Gasteiger partial charge in [0.1, 0.15) is 0 Å². The van der Waals surface area contributed by atoms with E-state index in [1.54, 1.807) is 23.3 Å². The van der Waals surface area contributed by atoms with E-state index in [1.807, 2.05) is 6.08 Å². The van der Waals surface area contributed by atoms with Gasteiger partial charge < -0.3 is 24.8 Å². The molecular formula is C16H24Cl2SiZr-2. The molecule has 0 heterocycles. The number of rotatable bonds is 0. The Hall–Kier alpha value is 0.640. The number of hydrogen-bond acceptors (Lipinski definition) is 0. The standard InChI is InChI=1S/2C7H9.C2H6Si.2ClH.Zr/c2*1-6-3-4-7(2)5-6;1-3-2;;;/h5H,3H2,1-2H3;3,5,7H,1-2H3;1-2H3;2*1H;/q2*-1;;;;+2/p-2. The van der Waals surface area contributed by atoms with Gasteiger partial charge in [-0.2, -0.15) is 11.6 Å². The van der Waals surface area contributed by atoms with E-state index in [0.29, 0.717) is 5.92 Å². The molecule has 0 amide bonds. The minimum absolute atomic E-state index is 0. The van der Waals surface area contributed by atoms with E-state index < -0.39 is 0 Å². The second-order valence-electron chi connectivity index (χ2n) is 5.04. The molecule has 20 heavy (non-hydrogen) atoms. The van der Waals surface area contributed by atoms with Crippen LogP contribution in [-0.4, -0.2) is 5.43 Å². The van der Waals surface area contributed by atoms with E-state index in [-0.39, 0.29) is 30.2 Å². The van der Waals surface area contributed by atoms with E-state index in [9.17, 15) is 0 Å². The first-order chi connectivity index (χ1) is 8.31. The van der Waals surface area contributed by atoms with Gasteiger partial charge in [-0.25, -0.2) is 23.3 Å². The normalized spacial score (nSPS) is 18.0. The van der Waals surface area contributed by atoms with Crippen LogP contribution in [0.5, 0.6) is 0 Å². The van der Waals surface area contributed by atoms with Crippen molar-refractivity contribution in [1.29, 1.82) is 0 Å². The molecule has 2 aliphatic rings. The smallest absolute Gasteiger partial charge is 1.00 e. The summed E-state index contributed by atoms with van der Waals surface area (Å²) in [5, 5.41) is 0. The maximum absolute atomic E-state index is 3.19. The zero-order valence-electron chi connectivity index (χ0n) is 13.3. The summed E-state index contributed by atoms with van der Waals surface area (Å²) in [6.07, 6.45) is 13.8. The zero-order chi connectivity index (χ0) is 14.1. The molecule has 2 rings (SSSR count). The van der Waals surface area contributed by atoms with Gasteiger partial charge >= 0.3 is 41.9 Å². The SMILES string of the molecule is CC1=CC(C)[C-]=C1.CC1=[C-]CC(C)=C1.C[Si](C)=[Zr+2].[Cl-].[Cl-]. The van der Waals surface area contributed by atoms with Gasteiger partial charge in [0.15, 0.2) is 0 Å². The van der Waals surface area contributed by atoms with Crippen LogP contribution in [0.25, 0.3) is 0 Å². The molecule has 0 bridgehead atoms. The Morgan fingerprint density at radius 3 is 1.80 bits per heavy atom. The molecule has 4 heteroatoms. The first-order valence-corrected chi connectivity index (χ1v) is 12.5. The van der Waals surface area contributed by atoms with Gasteiger partial charge in [-0.1, -0.05) is 26.7 Å². The van der Waals surface area contributed by atoms with Gasteiger partial charge in [0.25, 0.3) is 0 Å². The van der Waals surface area contributed by atoms with Crippen LogP contribution in [0, 0.1) is 18.1 Å². The van der Waals surface area contributed by atoms with Crippen molar-refractivity contribution in [3.8, 4) is 0 Å². The number of halogens is 2. The second kappa shape index (κ2) is 14.6. The molecule has 0 saturated carbocycles. The molecule has 0 nitrogen and oxygen atoms in total. The molecule has 0 spiro atoms. The number of allylic oxidation sites excluding steroid dienone is 8. The van der Waals surface area contributed by atoms with Crippen molar-refractivity contribution in [3.63, 3.8) is 0 Å². The van der Waals surface area contributed by atoms with Crippen molar-refractivity contribution in [2.75, 3.05) is 0 Å². The Morgan fingerprint density at radius 1 is 1.20 bits per heavy atom. The van der Waals surface area contributed by atoms with E-state index >= 15 is 0 Å². The fourth-order valence-electron chi connectivity index (χ4n) is 1.50. The fraction of sp³-hybridized carbons (Fsp3) is 0.500. The van der Waals surface area contributed by atoms with Crippen LogP contribution >= 0.6 is 0 Å². The van der Waals surface area contributed by atoms with E-state index in [2.05, 4.69) is 65.1 Å². The summed E-state index contributed by atoms with van der Waals surface area (Å²) < 4.78 is 0. The predicted octanol–water partition coefficient (Wildman–Crippen LogP) is -1.18. The Labute approximate surface area is 153 Å². The average molecular weight is 407 g/mol. The molecule has 0 aromatic rings. The maximum Gasteiger partial charge on any atom is -1.00 e. The molecular weight excluding hydrogens is 382 g/mol. The summed E-state index contributed by atoms with van der Waals surface area (Å²) >= 11 is 1.74. The fourth-order valence-corrected chi connectivity index (χ4v) is 1.50. The predicted molar refractivity (Wildman–Crippen MR) is 79.0 cm³/mol. The van der Waals surface area contributed by atoms with Crippen LogP contribution in [0.4, 0.5) is 0 Å². The van der Waals surface area contributed by atoms with Crippen molar-refractivity contribution in [3.05, 3.63) is 47.1 Å². The molecule has 0 fully saturated rings. The van der Waals surface area contributed by atoms with Crippen molar-refractivity contribution in [2.24, 2.45) is 5.92 Å². The Kier molecular flexibility index (Phi) is 18.6. The summed E-state index contributed by atoms with van der Waals surface area (Å²) in [5.74, 6) is 0.556. The van der Waals surface area contributed by atoms with E-state index in [4.69, 9.17) is 0 Å². The average Bonchev–Trinajstić information content (AvgIpc) is 2.76. The first kappa shape index (κ1) is 25.6. The second-order valence-corrected chi connectivity index (χ2v) is 14.4. The molecule has 0 radical (unpaired) electrons. The first-order valence-electron chi connectivity index (χ1n) is 6.35. The molecule has 0 saturated heterocycles. The maximum atomic E-state index is 3.19. The molecule has 1 atom stereocenters. The molecule has 0 N–H and O–H groups in total. The van der Waals surface area contributed by atoms with Crippen LogP contribution in [0.2, 0.25) is 13.1 Å². The van der Waals surface area contributed by atoms with Crippen LogP contribution < -0.4 is 24.8 Å². The van der Waals surface area contributed by atoms with Gasteiger partial charge in [0, 0.05) is 0 Å². The summed E-state index contributed by atoms with van der Waals surface area (Å²) in [6.45, 7) is 13.1. The minimum Gasteiger partial charge on any atom is -1.00 e. The zero-order valence-corrected chi connectivity index (χ0v) is 18.2. The van der Waals surface area contributed by atoms with Crippen LogP contribution in [0.1, 0.15) is 34.1 Å². The monoisotopic (exact) mass is 404 g/mol. The van der Waals surface area contributed by atoms with E-state index in [0.717, 1.165) is 6.42 Å². The van der Waals surface area contributed by atoms with Crippen molar-refractivity contribution < 1.29 is 48.1 Å². The summed E-state index contributed by atoms with van der Waals surface area (Å²) in [4.78, 5) is 0. The summed E-state index contributed by atoms with van der Waals surface area (Å²) in [7, 11) is 0. The van der Waals surface area contributed by atoms with Crippen molar-refractivity contribution in [1.82, 2.24) is 0 Å². The van der Waals surface area contributed by atoms with Gasteiger partial charge in [-0.3, -0.25) is 12.2 Å². The third kappa shape index (κ3) is 16.7. The van der Waals surface area contributed by atoms with Crippen LogP contribution in [0.15, 0.2) is 34.9 Å². The molecule has 0 aromatic heterocycles. The third-order valence-corrected chi connectivity index (χ3v) is 2.20. The van der Waals surface area contributed by atoms with Gasteiger partial charge in [-0.05, 0) is 0 Å². The topological polar surface area (TPSA) is 0 Å². The van der Waals surface area contributed by atoms with Crippen LogP contribution in [-0.2, 0) is 23.3 Å². The molecule has 112 valence electrons. The number of hydrogen-bond donors (Lipinski definition) is 0.